The first-order chi connectivity index (χ1) is 15.0. The van der Waals surface area contributed by atoms with Crippen molar-refractivity contribution < 1.29 is 27.4 Å². The molecule has 0 aromatic heterocycles. The second-order valence-electron chi connectivity index (χ2n) is 7.53. The number of hydrogen-bond acceptors (Lipinski definition) is 6. The molecular weight excluding hydrogens is 456 g/mol. The number of amides is 1. The maximum absolute atomic E-state index is 12.9. The molecule has 2 aromatic rings. The monoisotopic (exact) mass is 484 g/mol. The highest BCUT2D eigenvalue weighted by Crippen LogP contribution is 2.37. The number of rotatable bonds is 10. The van der Waals surface area contributed by atoms with Crippen LogP contribution in [0.15, 0.2) is 35.2 Å². The Morgan fingerprint density at radius 1 is 1.12 bits per heavy atom. The molecule has 0 saturated carbocycles. The molecule has 2 rings (SSSR count). The Bertz CT molecular complexity index is 1070. The smallest absolute Gasteiger partial charge is 0.255 e. The topological polar surface area (TPSA) is 94.2 Å². The zero-order valence-electron chi connectivity index (χ0n) is 19.1. The predicted octanol–water partition coefficient (Wildman–Crippen LogP) is 4.28. The lowest BCUT2D eigenvalue weighted by Crippen LogP contribution is -2.23. The second kappa shape index (κ2) is 10.9. The molecule has 0 atom stereocenters. The third-order valence-corrected chi connectivity index (χ3v) is 6.43. The van der Waals surface area contributed by atoms with Gasteiger partial charge in [0.1, 0.15) is 10.6 Å². The Morgan fingerprint density at radius 3 is 2.38 bits per heavy atom. The average molecular weight is 485 g/mol. The van der Waals surface area contributed by atoms with Gasteiger partial charge in [-0.25, -0.2) is 12.7 Å². The Morgan fingerprint density at radius 2 is 1.81 bits per heavy atom. The third kappa shape index (κ3) is 6.05. The summed E-state index contributed by atoms with van der Waals surface area (Å²) in [6.45, 7) is 6.50. The van der Waals surface area contributed by atoms with Crippen LogP contribution in [0.5, 0.6) is 17.2 Å². The largest absolute Gasteiger partial charge is 0.493 e. The highest BCUT2D eigenvalue weighted by molar-refractivity contribution is 7.89. The van der Waals surface area contributed by atoms with E-state index in [-0.39, 0.29) is 32.8 Å². The normalized spacial score (nSPS) is 11.5. The van der Waals surface area contributed by atoms with Gasteiger partial charge in [0, 0.05) is 25.3 Å². The highest BCUT2D eigenvalue weighted by Gasteiger charge is 2.24. The molecule has 10 heteroatoms. The number of hydrogen-bond donors (Lipinski definition) is 1. The highest BCUT2D eigenvalue weighted by atomic mass is 35.5. The van der Waals surface area contributed by atoms with E-state index in [1.165, 1.54) is 45.5 Å². The van der Waals surface area contributed by atoms with Crippen LogP contribution in [-0.4, -0.2) is 53.0 Å². The van der Waals surface area contributed by atoms with Crippen LogP contribution in [0.1, 0.15) is 31.1 Å². The standard InChI is InChI=1S/C22H29ClN2O6S/c1-7-30-18-9-8-16(12-20(18)32(27,28)25(4)5)24-22(26)15-10-17(23)21(19(11-15)29-6)31-13-14(2)3/h8-12,14H,7,13H2,1-6H3,(H,24,26). The fourth-order valence-corrected chi connectivity index (χ4v) is 4.02. The molecule has 176 valence electrons. The number of carbonyl (C=O) groups excluding carboxylic acids is 1. The molecule has 1 N–H and O–H groups in total. The van der Waals surface area contributed by atoms with E-state index in [1.54, 1.807) is 13.0 Å². The van der Waals surface area contributed by atoms with Gasteiger partial charge in [0.2, 0.25) is 10.0 Å². The van der Waals surface area contributed by atoms with Gasteiger partial charge in [0.15, 0.2) is 11.5 Å². The Labute approximate surface area is 194 Å². The summed E-state index contributed by atoms with van der Waals surface area (Å²) in [6.07, 6.45) is 0. The molecule has 0 aliphatic heterocycles. The van der Waals surface area contributed by atoms with Crippen LogP contribution in [0.3, 0.4) is 0 Å². The van der Waals surface area contributed by atoms with Gasteiger partial charge >= 0.3 is 0 Å². The lowest BCUT2D eigenvalue weighted by Gasteiger charge is -2.17. The molecule has 8 nitrogen and oxygen atoms in total. The summed E-state index contributed by atoms with van der Waals surface area (Å²) in [4.78, 5) is 12.8. The number of ether oxygens (including phenoxy) is 3. The van der Waals surface area contributed by atoms with Crippen molar-refractivity contribution in [1.82, 2.24) is 4.31 Å². The van der Waals surface area contributed by atoms with Gasteiger partial charge in [-0.15, -0.1) is 0 Å². The minimum Gasteiger partial charge on any atom is -0.493 e. The van der Waals surface area contributed by atoms with E-state index in [0.717, 1.165) is 4.31 Å². The number of carbonyl (C=O) groups is 1. The number of methoxy groups -OCH3 is 1. The summed E-state index contributed by atoms with van der Waals surface area (Å²) in [7, 11) is 0.517. The number of halogens is 1. The maximum atomic E-state index is 12.9. The molecule has 0 unspecified atom stereocenters. The molecule has 2 aromatic carbocycles. The van der Waals surface area contributed by atoms with E-state index in [0.29, 0.717) is 24.7 Å². The van der Waals surface area contributed by atoms with Crippen molar-refractivity contribution in [3.63, 3.8) is 0 Å². The van der Waals surface area contributed by atoms with E-state index in [9.17, 15) is 13.2 Å². The predicted molar refractivity (Wildman–Crippen MR) is 125 cm³/mol. The molecular formula is C22H29ClN2O6S. The van der Waals surface area contributed by atoms with E-state index < -0.39 is 15.9 Å². The zero-order valence-corrected chi connectivity index (χ0v) is 20.6. The van der Waals surface area contributed by atoms with Gasteiger partial charge in [0.05, 0.1) is 25.3 Å². The number of nitrogens with one attached hydrogen (secondary N) is 1. The minimum absolute atomic E-state index is 0.0461. The fourth-order valence-electron chi connectivity index (χ4n) is 2.70. The van der Waals surface area contributed by atoms with E-state index >= 15 is 0 Å². The Hall–Kier alpha value is -2.49. The lowest BCUT2D eigenvalue weighted by atomic mass is 10.1. The molecule has 32 heavy (non-hydrogen) atoms. The van der Waals surface area contributed by atoms with Crippen LogP contribution in [-0.2, 0) is 10.0 Å². The van der Waals surface area contributed by atoms with E-state index in [4.69, 9.17) is 25.8 Å². The van der Waals surface area contributed by atoms with Crippen molar-refractivity contribution >= 4 is 33.2 Å². The van der Waals surface area contributed by atoms with E-state index in [1.807, 2.05) is 13.8 Å². The second-order valence-corrected chi connectivity index (χ2v) is 10.1. The first-order valence-corrected chi connectivity index (χ1v) is 11.8. The Balaban J connectivity index is 2.37. The van der Waals surface area contributed by atoms with E-state index in [2.05, 4.69) is 5.32 Å². The van der Waals surface area contributed by atoms with Crippen LogP contribution in [0, 0.1) is 5.92 Å². The molecule has 0 saturated heterocycles. The number of benzene rings is 2. The molecule has 0 aliphatic rings. The van der Waals surface area contributed by atoms with Crippen LogP contribution in [0.25, 0.3) is 0 Å². The molecule has 0 fully saturated rings. The van der Waals surface area contributed by atoms with Gasteiger partial charge in [-0.2, -0.15) is 0 Å². The number of anilines is 1. The van der Waals surface area contributed by atoms with Crippen LogP contribution in [0.2, 0.25) is 5.02 Å². The summed E-state index contributed by atoms with van der Waals surface area (Å²) >= 11 is 6.33. The summed E-state index contributed by atoms with van der Waals surface area (Å²) < 4.78 is 43.0. The third-order valence-electron chi connectivity index (χ3n) is 4.31. The van der Waals surface area contributed by atoms with Gasteiger partial charge in [0.25, 0.3) is 5.91 Å². The van der Waals surface area contributed by atoms with Crippen molar-refractivity contribution in [2.45, 2.75) is 25.7 Å². The van der Waals surface area contributed by atoms with Crippen molar-refractivity contribution in [2.24, 2.45) is 5.92 Å². The van der Waals surface area contributed by atoms with Gasteiger partial charge in [-0.1, -0.05) is 25.4 Å². The van der Waals surface area contributed by atoms with Crippen LogP contribution < -0.4 is 19.5 Å². The molecule has 0 spiro atoms. The van der Waals surface area contributed by atoms with Crippen molar-refractivity contribution in [1.29, 1.82) is 0 Å². The molecule has 0 heterocycles. The van der Waals surface area contributed by atoms with Gasteiger partial charge in [-0.3, -0.25) is 4.79 Å². The molecule has 0 radical (unpaired) electrons. The molecule has 1 amide bonds. The van der Waals surface area contributed by atoms with Crippen molar-refractivity contribution in [3.05, 3.63) is 40.9 Å². The summed E-state index contributed by atoms with van der Waals surface area (Å²) in [6, 6.07) is 7.42. The first-order valence-electron chi connectivity index (χ1n) is 10.0. The minimum atomic E-state index is -3.79. The quantitative estimate of drug-likeness (QED) is 0.540. The summed E-state index contributed by atoms with van der Waals surface area (Å²) in [5.74, 6) is 0.685. The van der Waals surface area contributed by atoms with Crippen LogP contribution >= 0.6 is 11.6 Å². The van der Waals surface area contributed by atoms with Crippen molar-refractivity contribution in [3.8, 4) is 17.2 Å². The Kier molecular flexibility index (Phi) is 8.77. The summed E-state index contributed by atoms with van der Waals surface area (Å²) in [5, 5.41) is 2.93. The van der Waals surface area contributed by atoms with Crippen LogP contribution in [0.4, 0.5) is 5.69 Å². The zero-order chi connectivity index (χ0) is 24.1. The molecule has 0 aliphatic carbocycles. The number of nitrogens with zero attached hydrogens (tertiary/aromatic N) is 1. The SMILES string of the molecule is CCOc1ccc(NC(=O)c2cc(Cl)c(OCC(C)C)c(OC)c2)cc1S(=O)(=O)N(C)C. The van der Waals surface area contributed by atoms with Gasteiger partial charge in [-0.05, 0) is 43.2 Å². The lowest BCUT2D eigenvalue weighted by molar-refractivity contribution is 0.102. The fraction of sp³-hybridized carbons (Fsp3) is 0.409. The average Bonchev–Trinajstić information content (AvgIpc) is 2.73. The maximum Gasteiger partial charge on any atom is 0.255 e. The summed E-state index contributed by atoms with van der Waals surface area (Å²) in [5.41, 5.74) is 0.517. The van der Waals surface area contributed by atoms with Crippen molar-refractivity contribution in [2.75, 3.05) is 39.7 Å². The molecule has 0 bridgehead atoms. The number of sulfonamides is 1. The first kappa shape index (κ1) is 25.8. The van der Waals surface area contributed by atoms with Gasteiger partial charge < -0.3 is 19.5 Å².